The lowest BCUT2D eigenvalue weighted by Crippen LogP contribution is -1.99. The van der Waals surface area contributed by atoms with Crippen molar-refractivity contribution in [2.45, 2.75) is 6.61 Å². The molecule has 0 bridgehead atoms. The number of nitrogens with zero attached hydrogens (tertiary/aromatic N) is 3. The highest BCUT2D eigenvalue weighted by atomic mass is 35.5. The van der Waals surface area contributed by atoms with Crippen molar-refractivity contribution in [2.75, 3.05) is 0 Å². The fourth-order valence-corrected chi connectivity index (χ4v) is 2.02. The van der Waals surface area contributed by atoms with Gasteiger partial charge >= 0.3 is 6.01 Å². The Balaban J connectivity index is 1.80. The first kappa shape index (κ1) is 12.3. The third-order valence-electron chi connectivity index (χ3n) is 2.63. The van der Waals surface area contributed by atoms with E-state index in [9.17, 15) is 0 Å². The van der Waals surface area contributed by atoms with Gasteiger partial charge in [-0.25, -0.2) is 0 Å². The largest absolute Gasteiger partial charge is 0.458 e. The molecule has 0 atom stereocenters. The molecule has 96 valence electrons. The van der Waals surface area contributed by atoms with Crippen LogP contribution in [0.5, 0.6) is 6.01 Å². The summed E-state index contributed by atoms with van der Waals surface area (Å²) in [6.07, 6.45) is 1.85. The van der Waals surface area contributed by atoms with Gasteiger partial charge in [0, 0.05) is 6.20 Å². The van der Waals surface area contributed by atoms with E-state index in [2.05, 4.69) is 10.2 Å². The van der Waals surface area contributed by atoms with Crippen LogP contribution in [0, 0.1) is 0 Å². The molecule has 0 aliphatic heterocycles. The Labute approximate surface area is 119 Å². The van der Waals surface area contributed by atoms with E-state index < -0.39 is 0 Å². The minimum Gasteiger partial charge on any atom is -0.458 e. The summed E-state index contributed by atoms with van der Waals surface area (Å²) in [5.41, 5.74) is 1.66. The number of benzene rings is 1. The molecule has 0 aliphatic carbocycles. The number of hydrogen-bond donors (Lipinski definition) is 0. The summed E-state index contributed by atoms with van der Waals surface area (Å²) < 4.78 is 7.40. The molecule has 4 nitrogen and oxygen atoms in total. The van der Waals surface area contributed by atoms with Gasteiger partial charge in [-0.3, -0.25) is 4.40 Å². The van der Waals surface area contributed by atoms with E-state index in [1.807, 2.05) is 30.5 Å². The molecular weight excluding hydrogens is 285 g/mol. The summed E-state index contributed by atoms with van der Waals surface area (Å²) in [4.78, 5) is 0. The van der Waals surface area contributed by atoms with Gasteiger partial charge in [0.1, 0.15) is 6.61 Å². The Kier molecular flexibility index (Phi) is 3.27. The summed E-state index contributed by atoms with van der Waals surface area (Å²) in [6.45, 7) is 0.354. The first-order valence-corrected chi connectivity index (χ1v) is 6.36. The standard InChI is InChI=1S/C13H9Cl2N3O/c14-10-5-4-9(7-11(10)15)8-19-13-17-16-12-3-1-2-6-18(12)13/h1-7H,8H2. The predicted molar refractivity (Wildman–Crippen MR) is 73.8 cm³/mol. The van der Waals surface area contributed by atoms with Crippen LogP contribution < -0.4 is 4.74 Å². The van der Waals surface area contributed by atoms with Crippen molar-refractivity contribution >= 4 is 28.8 Å². The third kappa shape index (κ3) is 2.50. The van der Waals surface area contributed by atoms with Gasteiger partial charge in [0.2, 0.25) is 0 Å². The van der Waals surface area contributed by atoms with Gasteiger partial charge in [-0.15, -0.1) is 5.10 Å². The van der Waals surface area contributed by atoms with Crippen LogP contribution in [0.25, 0.3) is 5.65 Å². The van der Waals surface area contributed by atoms with E-state index in [0.29, 0.717) is 22.7 Å². The van der Waals surface area contributed by atoms with Crippen molar-refractivity contribution in [1.29, 1.82) is 0 Å². The number of pyridine rings is 1. The summed E-state index contributed by atoms with van der Waals surface area (Å²) in [7, 11) is 0. The van der Waals surface area contributed by atoms with Crippen molar-refractivity contribution in [3.05, 3.63) is 58.2 Å². The molecule has 3 rings (SSSR count). The van der Waals surface area contributed by atoms with Gasteiger partial charge in [-0.2, -0.15) is 0 Å². The molecule has 0 radical (unpaired) electrons. The van der Waals surface area contributed by atoms with E-state index in [1.54, 1.807) is 16.5 Å². The Hall–Kier alpha value is -1.78. The predicted octanol–water partition coefficient (Wildman–Crippen LogP) is 3.62. The lowest BCUT2D eigenvalue weighted by atomic mass is 10.2. The van der Waals surface area contributed by atoms with E-state index in [4.69, 9.17) is 27.9 Å². The Morgan fingerprint density at radius 3 is 2.79 bits per heavy atom. The second-order valence-corrected chi connectivity index (χ2v) is 4.76. The highest BCUT2D eigenvalue weighted by Gasteiger charge is 2.06. The smallest absolute Gasteiger partial charge is 0.321 e. The average Bonchev–Trinajstić information content (AvgIpc) is 2.83. The van der Waals surface area contributed by atoms with Crippen LogP contribution in [0.4, 0.5) is 0 Å². The maximum Gasteiger partial charge on any atom is 0.321 e. The van der Waals surface area contributed by atoms with Crippen molar-refractivity contribution in [2.24, 2.45) is 0 Å². The van der Waals surface area contributed by atoms with Crippen LogP contribution in [0.3, 0.4) is 0 Å². The minimum absolute atomic E-state index is 0.354. The summed E-state index contributed by atoms with van der Waals surface area (Å²) in [5.74, 6) is 0. The number of hydrogen-bond acceptors (Lipinski definition) is 3. The highest BCUT2D eigenvalue weighted by molar-refractivity contribution is 6.42. The van der Waals surface area contributed by atoms with Gasteiger partial charge in [0.05, 0.1) is 10.0 Å². The van der Waals surface area contributed by atoms with E-state index in [0.717, 1.165) is 11.2 Å². The Morgan fingerprint density at radius 1 is 1.05 bits per heavy atom. The molecule has 0 amide bonds. The quantitative estimate of drug-likeness (QED) is 0.740. The zero-order valence-corrected chi connectivity index (χ0v) is 11.3. The molecule has 19 heavy (non-hydrogen) atoms. The fraction of sp³-hybridized carbons (Fsp3) is 0.0769. The van der Waals surface area contributed by atoms with Crippen LogP contribution in [0.1, 0.15) is 5.56 Å². The second kappa shape index (κ2) is 5.07. The lowest BCUT2D eigenvalue weighted by molar-refractivity contribution is 0.277. The Bertz CT molecular complexity index is 727. The van der Waals surface area contributed by atoms with Crippen LogP contribution in [0.15, 0.2) is 42.6 Å². The lowest BCUT2D eigenvalue weighted by Gasteiger charge is -2.05. The molecule has 2 heterocycles. The normalized spacial score (nSPS) is 10.8. The molecular formula is C13H9Cl2N3O. The van der Waals surface area contributed by atoms with Gasteiger partial charge in [-0.1, -0.05) is 40.4 Å². The summed E-state index contributed by atoms with van der Waals surface area (Å²) >= 11 is 11.8. The molecule has 0 aliphatic rings. The zero-order valence-electron chi connectivity index (χ0n) is 9.75. The molecule has 3 aromatic rings. The number of rotatable bonds is 3. The van der Waals surface area contributed by atoms with Crippen LogP contribution in [-0.2, 0) is 6.61 Å². The number of ether oxygens (including phenoxy) is 1. The first-order valence-electron chi connectivity index (χ1n) is 5.60. The molecule has 0 N–H and O–H groups in total. The monoisotopic (exact) mass is 293 g/mol. The van der Waals surface area contributed by atoms with E-state index >= 15 is 0 Å². The molecule has 2 aromatic heterocycles. The molecule has 0 saturated heterocycles. The Morgan fingerprint density at radius 2 is 1.95 bits per heavy atom. The van der Waals surface area contributed by atoms with Crippen molar-refractivity contribution in [3.8, 4) is 6.01 Å². The highest BCUT2D eigenvalue weighted by Crippen LogP contribution is 2.23. The summed E-state index contributed by atoms with van der Waals surface area (Å²) in [5, 5.41) is 9.02. The van der Waals surface area contributed by atoms with Gasteiger partial charge < -0.3 is 4.74 Å². The molecule has 0 spiro atoms. The van der Waals surface area contributed by atoms with Gasteiger partial charge in [-0.05, 0) is 29.8 Å². The topological polar surface area (TPSA) is 39.4 Å². The minimum atomic E-state index is 0.354. The van der Waals surface area contributed by atoms with Crippen molar-refractivity contribution < 1.29 is 4.74 Å². The average molecular weight is 294 g/mol. The van der Waals surface area contributed by atoms with Crippen molar-refractivity contribution in [3.63, 3.8) is 0 Å². The zero-order chi connectivity index (χ0) is 13.2. The van der Waals surface area contributed by atoms with Crippen LogP contribution in [-0.4, -0.2) is 14.6 Å². The molecule has 0 fully saturated rings. The second-order valence-electron chi connectivity index (χ2n) is 3.95. The van der Waals surface area contributed by atoms with Gasteiger partial charge in [0.25, 0.3) is 0 Å². The molecule has 0 unspecified atom stereocenters. The number of halogens is 2. The van der Waals surface area contributed by atoms with Crippen LogP contribution >= 0.6 is 23.2 Å². The van der Waals surface area contributed by atoms with E-state index in [1.165, 1.54) is 0 Å². The van der Waals surface area contributed by atoms with Gasteiger partial charge in [0.15, 0.2) is 5.65 Å². The SMILES string of the molecule is Clc1ccc(COc2nnc3ccccn23)cc1Cl. The molecule has 6 heteroatoms. The molecule has 1 aromatic carbocycles. The first-order chi connectivity index (χ1) is 9.24. The van der Waals surface area contributed by atoms with Crippen molar-refractivity contribution in [1.82, 2.24) is 14.6 Å². The number of fused-ring (bicyclic) bond motifs is 1. The fourth-order valence-electron chi connectivity index (χ4n) is 1.70. The molecule has 0 saturated carbocycles. The maximum absolute atomic E-state index is 5.95. The number of aromatic nitrogens is 3. The summed E-state index contributed by atoms with van der Waals surface area (Å²) in [6, 6.07) is 11.5. The van der Waals surface area contributed by atoms with E-state index in [-0.39, 0.29) is 0 Å². The third-order valence-corrected chi connectivity index (χ3v) is 3.37. The van der Waals surface area contributed by atoms with Crippen LogP contribution in [0.2, 0.25) is 10.0 Å². The maximum atomic E-state index is 5.95.